The van der Waals surface area contributed by atoms with Gasteiger partial charge in [0, 0.05) is 11.7 Å². The number of thiocarbonyl (C=S) groups is 1. The van der Waals surface area contributed by atoms with E-state index in [0.29, 0.717) is 11.7 Å². The van der Waals surface area contributed by atoms with Gasteiger partial charge in [-0.25, -0.2) is 0 Å². The van der Waals surface area contributed by atoms with Crippen LogP contribution in [0.4, 0.5) is 0 Å². The van der Waals surface area contributed by atoms with Gasteiger partial charge < -0.3 is 4.74 Å². The van der Waals surface area contributed by atoms with E-state index in [9.17, 15) is 4.79 Å². The van der Waals surface area contributed by atoms with E-state index in [2.05, 4.69) is 24.3 Å². The summed E-state index contributed by atoms with van der Waals surface area (Å²) in [5.41, 5.74) is 0. The van der Waals surface area contributed by atoms with E-state index < -0.39 is 0 Å². The van der Waals surface area contributed by atoms with Gasteiger partial charge in [0.05, 0.1) is 7.11 Å². The quantitative estimate of drug-likeness (QED) is 0.283. The molecular formula is C13H24O2S2. The van der Waals surface area contributed by atoms with E-state index in [1.807, 2.05) is 0 Å². The van der Waals surface area contributed by atoms with Crippen molar-refractivity contribution in [1.82, 2.24) is 0 Å². The molecule has 4 heteroatoms. The summed E-state index contributed by atoms with van der Waals surface area (Å²) >= 11 is 9.81. The van der Waals surface area contributed by atoms with E-state index in [1.54, 1.807) is 0 Å². The van der Waals surface area contributed by atoms with Crippen molar-refractivity contribution >= 4 is 35.7 Å². The fourth-order valence-corrected chi connectivity index (χ4v) is 2.26. The molecule has 0 saturated heterocycles. The maximum atomic E-state index is 10.9. The Balaban J connectivity index is 3.43. The molecule has 0 N–H and O–H groups in total. The van der Waals surface area contributed by atoms with E-state index >= 15 is 0 Å². The molecule has 0 amide bonds. The van der Waals surface area contributed by atoms with Crippen LogP contribution in [-0.4, -0.2) is 23.2 Å². The number of ether oxygens (including phenoxy) is 1. The van der Waals surface area contributed by atoms with Crippen LogP contribution in [0.2, 0.25) is 0 Å². The molecule has 1 unspecified atom stereocenters. The van der Waals surface area contributed by atoms with Gasteiger partial charge in [-0.05, 0) is 37.0 Å². The van der Waals surface area contributed by atoms with Crippen LogP contribution in [-0.2, 0) is 9.53 Å². The molecule has 2 nitrogen and oxygen atoms in total. The van der Waals surface area contributed by atoms with Gasteiger partial charge in [-0.3, -0.25) is 4.79 Å². The second kappa shape index (κ2) is 11.0. The van der Waals surface area contributed by atoms with Crippen LogP contribution in [0, 0.1) is 0 Å². The largest absolute Gasteiger partial charge is 0.469 e. The third-order valence-electron chi connectivity index (χ3n) is 2.68. The minimum Gasteiger partial charge on any atom is -0.469 e. The molecule has 0 heterocycles. The predicted octanol–water partition coefficient (Wildman–Crippen LogP) is 3.97. The number of thiol groups is 1. The number of hydrogen-bond acceptors (Lipinski definition) is 4. The number of hydrogen-bond donors (Lipinski definition) is 1. The van der Waals surface area contributed by atoms with E-state index in [-0.39, 0.29) is 5.97 Å². The lowest BCUT2D eigenvalue weighted by Crippen LogP contribution is -2.04. The highest BCUT2D eigenvalue weighted by Crippen LogP contribution is 2.15. The van der Waals surface area contributed by atoms with Crippen molar-refractivity contribution in [2.24, 2.45) is 0 Å². The molecule has 0 spiro atoms. The molecular weight excluding hydrogens is 252 g/mol. The Kier molecular flexibility index (Phi) is 11.0. The molecule has 17 heavy (non-hydrogen) atoms. The highest BCUT2D eigenvalue weighted by atomic mass is 32.1. The molecule has 0 aliphatic carbocycles. The van der Waals surface area contributed by atoms with Gasteiger partial charge in [0.2, 0.25) is 0 Å². The number of unbranched alkanes of at least 4 members (excludes halogenated alkanes) is 1. The third kappa shape index (κ3) is 10.8. The average molecular weight is 276 g/mol. The molecule has 0 aliphatic rings. The zero-order valence-electron chi connectivity index (χ0n) is 10.9. The van der Waals surface area contributed by atoms with Crippen molar-refractivity contribution < 1.29 is 9.53 Å². The van der Waals surface area contributed by atoms with Crippen molar-refractivity contribution in [2.45, 2.75) is 63.5 Å². The normalized spacial score (nSPS) is 12.2. The summed E-state index contributed by atoms with van der Waals surface area (Å²) < 4.78 is 4.59. The smallest absolute Gasteiger partial charge is 0.305 e. The van der Waals surface area contributed by atoms with Gasteiger partial charge in [-0.15, -0.1) is 0 Å². The Hall–Kier alpha value is -0.0900. The van der Waals surface area contributed by atoms with E-state index in [1.165, 1.54) is 12.0 Å². The molecule has 0 aromatic carbocycles. The SMILES string of the molecule is CCCC(=S)CCC(S)CCCCC(=O)OC. The van der Waals surface area contributed by atoms with Crippen molar-refractivity contribution in [2.75, 3.05) is 7.11 Å². The summed E-state index contributed by atoms with van der Waals surface area (Å²) in [7, 11) is 1.43. The molecule has 0 aromatic heterocycles. The number of carbonyl (C=O) groups excluding carboxylic acids is 1. The summed E-state index contributed by atoms with van der Waals surface area (Å²) in [4.78, 5) is 12.1. The van der Waals surface area contributed by atoms with Crippen LogP contribution < -0.4 is 0 Å². The average Bonchev–Trinajstić information content (AvgIpc) is 2.32. The zero-order chi connectivity index (χ0) is 13.1. The molecule has 0 saturated carbocycles. The van der Waals surface area contributed by atoms with Crippen molar-refractivity contribution in [3.05, 3.63) is 0 Å². The van der Waals surface area contributed by atoms with Gasteiger partial charge in [-0.2, -0.15) is 12.6 Å². The van der Waals surface area contributed by atoms with E-state index in [4.69, 9.17) is 12.2 Å². The Morgan fingerprint density at radius 3 is 2.53 bits per heavy atom. The number of carbonyl (C=O) groups is 1. The van der Waals surface area contributed by atoms with Crippen molar-refractivity contribution in [3.63, 3.8) is 0 Å². The maximum Gasteiger partial charge on any atom is 0.305 e. The van der Waals surface area contributed by atoms with Gasteiger partial charge in [0.1, 0.15) is 0 Å². The van der Waals surface area contributed by atoms with Gasteiger partial charge in [0.25, 0.3) is 0 Å². The summed E-state index contributed by atoms with van der Waals surface area (Å²) in [6.45, 7) is 2.15. The summed E-state index contributed by atoms with van der Waals surface area (Å²) in [5, 5.41) is 0.405. The van der Waals surface area contributed by atoms with Crippen molar-refractivity contribution in [3.8, 4) is 0 Å². The Morgan fingerprint density at radius 1 is 1.24 bits per heavy atom. The van der Waals surface area contributed by atoms with Crippen LogP contribution in [0.25, 0.3) is 0 Å². The van der Waals surface area contributed by atoms with E-state index in [0.717, 1.165) is 44.9 Å². The lowest BCUT2D eigenvalue weighted by atomic mass is 10.1. The molecule has 0 bridgehead atoms. The molecule has 0 aromatic rings. The first kappa shape index (κ1) is 16.9. The van der Waals surface area contributed by atoms with Gasteiger partial charge in [-0.1, -0.05) is 32.0 Å². The lowest BCUT2D eigenvalue weighted by Gasteiger charge is -2.10. The minimum absolute atomic E-state index is 0.121. The second-order valence-electron chi connectivity index (χ2n) is 4.30. The molecule has 0 aliphatic heterocycles. The molecule has 1 atom stereocenters. The fourth-order valence-electron chi connectivity index (χ4n) is 1.63. The van der Waals surface area contributed by atoms with Crippen LogP contribution in [0.3, 0.4) is 0 Å². The number of esters is 1. The first-order valence-corrected chi connectivity index (χ1v) is 7.29. The highest BCUT2D eigenvalue weighted by Gasteiger charge is 2.06. The van der Waals surface area contributed by atoms with Crippen LogP contribution in [0.15, 0.2) is 0 Å². The van der Waals surface area contributed by atoms with Crippen LogP contribution in [0.5, 0.6) is 0 Å². The third-order valence-corrected chi connectivity index (χ3v) is 3.61. The van der Waals surface area contributed by atoms with Gasteiger partial charge >= 0.3 is 5.97 Å². The van der Waals surface area contributed by atoms with Crippen molar-refractivity contribution in [1.29, 1.82) is 0 Å². The monoisotopic (exact) mass is 276 g/mol. The first-order chi connectivity index (χ1) is 8.10. The fraction of sp³-hybridized carbons (Fsp3) is 0.846. The number of methoxy groups -OCH3 is 1. The molecule has 0 rings (SSSR count). The molecule has 100 valence electrons. The Labute approximate surface area is 116 Å². The minimum atomic E-state index is -0.121. The predicted molar refractivity (Wildman–Crippen MR) is 80.0 cm³/mol. The highest BCUT2D eigenvalue weighted by molar-refractivity contribution is 7.81. The lowest BCUT2D eigenvalue weighted by molar-refractivity contribution is -0.140. The van der Waals surface area contributed by atoms with Crippen LogP contribution >= 0.6 is 24.8 Å². The summed E-state index contributed by atoms with van der Waals surface area (Å²) in [6, 6.07) is 0. The Morgan fingerprint density at radius 2 is 1.94 bits per heavy atom. The van der Waals surface area contributed by atoms with Crippen LogP contribution in [0.1, 0.15) is 58.3 Å². The maximum absolute atomic E-state index is 10.9. The standard InChI is InChI=1S/C13H24O2S2/c1-3-6-11(16)9-10-12(17)7-4-5-8-13(14)15-2/h12,17H,3-10H2,1-2H3. The molecule has 0 radical (unpaired) electrons. The topological polar surface area (TPSA) is 26.3 Å². The summed E-state index contributed by atoms with van der Waals surface area (Å²) in [5.74, 6) is -0.121. The second-order valence-corrected chi connectivity index (χ2v) is 5.61. The first-order valence-electron chi connectivity index (χ1n) is 6.36. The molecule has 0 fully saturated rings. The van der Waals surface area contributed by atoms with Gasteiger partial charge in [0.15, 0.2) is 0 Å². The zero-order valence-corrected chi connectivity index (χ0v) is 12.6. The Bertz CT molecular complexity index is 229. The number of rotatable bonds is 10. The summed E-state index contributed by atoms with van der Waals surface area (Å²) in [6.07, 6.45) is 7.74.